The lowest BCUT2D eigenvalue weighted by Crippen LogP contribution is -2.47. The molecule has 1 fully saturated rings. The molecule has 0 radical (unpaired) electrons. The van der Waals surface area contributed by atoms with Crippen LogP contribution in [0.1, 0.15) is 11.4 Å². The Hall–Kier alpha value is -1.46. The molecule has 3 rings (SSSR count). The molecule has 2 heterocycles. The number of hydrogen-bond acceptors (Lipinski definition) is 4. The van der Waals surface area contributed by atoms with Gasteiger partial charge in [0.05, 0.1) is 15.2 Å². The van der Waals surface area contributed by atoms with Gasteiger partial charge in [0.1, 0.15) is 0 Å². The van der Waals surface area contributed by atoms with Crippen molar-refractivity contribution in [3.05, 3.63) is 29.3 Å². The summed E-state index contributed by atoms with van der Waals surface area (Å²) in [6.45, 7) is 3.67. The molecule has 106 valence electrons. The SMILES string of the molecule is CN1CCN(C(=O)CCc2nc3ccccc3s2)CC1. The Kier molecular flexibility index (Phi) is 3.98. The summed E-state index contributed by atoms with van der Waals surface area (Å²) in [7, 11) is 2.10. The highest BCUT2D eigenvalue weighted by atomic mass is 32.1. The maximum atomic E-state index is 12.2. The molecule has 5 heteroatoms. The van der Waals surface area contributed by atoms with Crippen molar-refractivity contribution in [3.63, 3.8) is 0 Å². The van der Waals surface area contributed by atoms with E-state index >= 15 is 0 Å². The summed E-state index contributed by atoms with van der Waals surface area (Å²) in [6, 6.07) is 8.14. The van der Waals surface area contributed by atoms with E-state index in [4.69, 9.17) is 0 Å². The van der Waals surface area contributed by atoms with Crippen LogP contribution in [0.4, 0.5) is 0 Å². The zero-order valence-electron chi connectivity index (χ0n) is 11.7. The summed E-state index contributed by atoms with van der Waals surface area (Å²) in [6.07, 6.45) is 1.33. The summed E-state index contributed by atoms with van der Waals surface area (Å²) in [4.78, 5) is 21.0. The summed E-state index contributed by atoms with van der Waals surface area (Å²) in [5.74, 6) is 0.261. The fraction of sp³-hybridized carbons (Fsp3) is 0.467. The van der Waals surface area contributed by atoms with Crippen molar-refractivity contribution in [3.8, 4) is 0 Å². The molecule has 0 unspecified atom stereocenters. The Balaban J connectivity index is 1.57. The number of fused-ring (bicyclic) bond motifs is 1. The second kappa shape index (κ2) is 5.89. The second-order valence-corrected chi connectivity index (χ2v) is 6.37. The normalized spacial score (nSPS) is 16.8. The Labute approximate surface area is 123 Å². The molecule has 1 aliphatic rings. The van der Waals surface area contributed by atoms with Gasteiger partial charge < -0.3 is 9.80 Å². The molecule has 1 amide bonds. The van der Waals surface area contributed by atoms with Crippen molar-refractivity contribution in [2.75, 3.05) is 33.2 Å². The molecule has 1 saturated heterocycles. The van der Waals surface area contributed by atoms with Crippen LogP contribution in [0.15, 0.2) is 24.3 Å². The van der Waals surface area contributed by atoms with E-state index in [1.165, 1.54) is 4.70 Å². The molecule has 20 heavy (non-hydrogen) atoms. The number of amides is 1. The number of aryl methyl sites for hydroxylation is 1. The van der Waals surface area contributed by atoms with Crippen LogP contribution in [-0.4, -0.2) is 53.9 Å². The van der Waals surface area contributed by atoms with E-state index in [2.05, 4.69) is 23.0 Å². The van der Waals surface area contributed by atoms with Crippen molar-refractivity contribution < 1.29 is 4.79 Å². The molecule has 2 aromatic rings. The number of piperazine rings is 1. The first-order valence-corrected chi connectivity index (χ1v) is 7.85. The maximum absolute atomic E-state index is 12.2. The number of likely N-dealkylation sites (N-methyl/N-ethyl adjacent to an activating group) is 1. The minimum atomic E-state index is 0.261. The van der Waals surface area contributed by atoms with Gasteiger partial charge in [-0.15, -0.1) is 11.3 Å². The number of hydrogen-bond donors (Lipinski definition) is 0. The number of benzene rings is 1. The number of rotatable bonds is 3. The zero-order chi connectivity index (χ0) is 13.9. The van der Waals surface area contributed by atoms with E-state index < -0.39 is 0 Å². The van der Waals surface area contributed by atoms with Crippen LogP contribution < -0.4 is 0 Å². The van der Waals surface area contributed by atoms with Crippen LogP contribution in [-0.2, 0) is 11.2 Å². The van der Waals surface area contributed by atoms with Gasteiger partial charge in [0.25, 0.3) is 0 Å². The number of aromatic nitrogens is 1. The van der Waals surface area contributed by atoms with E-state index in [1.807, 2.05) is 23.1 Å². The molecular formula is C15H19N3OS. The van der Waals surface area contributed by atoms with E-state index in [-0.39, 0.29) is 5.91 Å². The molecule has 1 aliphatic heterocycles. The maximum Gasteiger partial charge on any atom is 0.223 e. The van der Waals surface area contributed by atoms with Crippen LogP contribution in [0.25, 0.3) is 10.2 Å². The molecule has 4 nitrogen and oxygen atoms in total. The average Bonchev–Trinajstić information content (AvgIpc) is 2.88. The molecule has 0 N–H and O–H groups in total. The van der Waals surface area contributed by atoms with Gasteiger partial charge in [0.2, 0.25) is 5.91 Å². The highest BCUT2D eigenvalue weighted by molar-refractivity contribution is 7.18. The third-order valence-electron chi connectivity index (χ3n) is 3.75. The average molecular weight is 289 g/mol. The van der Waals surface area contributed by atoms with Gasteiger partial charge in [-0.1, -0.05) is 12.1 Å². The summed E-state index contributed by atoms with van der Waals surface area (Å²) >= 11 is 1.70. The van der Waals surface area contributed by atoms with Crippen molar-refractivity contribution in [1.29, 1.82) is 0 Å². The van der Waals surface area contributed by atoms with Crippen molar-refractivity contribution in [2.24, 2.45) is 0 Å². The third kappa shape index (κ3) is 2.99. The van der Waals surface area contributed by atoms with Gasteiger partial charge in [-0.2, -0.15) is 0 Å². The van der Waals surface area contributed by atoms with Crippen molar-refractivity contribution >= 4 is 27.5 Å². The standard InChI is InChI=1S/C15H19N3OS/c1-17-8-10-18(11-9-17)15(19)7-6-14-16-12-4-2-3-5-13(12)20-14/h2-5H,6-11H2,1H3. The minimum absolute atomic E-state index is 0.261. The predicted molar refractivity (Wildman–Crippen MR) is 82.0 cm³/mol. The van der Waals surface area contributed by atoms with Crippen LogP contribution in [0, 0.1) is 0 Å². The Morgan fingerprint density at radius 3 is 2.75 bits per heavy atom. The fourth-order valence-electron chi connectivity index (χ4n) is 2.45. The van der Waals surface area contributed by atoms with Gasteiger partial charge in [0, 0.05) is 39.0 Å². The van der Waals surface area contributed by atoms with Gasteiger partial charge >= 0.3 is 0 Å². The Morgan fingerprint density at radius 2 is 2.00 bits per heavy atom. The highest BCUT2D eigenvalue weighted by Crippen LogP contribution is 2.22. The van der Waals surface area contributed by atoms with E-state index in [1.54, 1.807) is 11.3 Å². The molecule has 1 aromatic heterocycles. The molecule has 0 saturated carbocycles. The van der Waals surface area contributed by atoms with E-state index in [9.17, 15) is 4.79 Å². The minimum Gasteiger partial charge on any atom is -0.340 e. The third-order valence-corrected chi connectivity index (χ3v) is 4.84. The quantitative estimate of drug-likeness (QED) is 0.867. The number of nitrogens with zero attached hydrogens (tertiary/aromatic N) is 3. The molecule has 0 aliphatic carbocycles. The Morgan fingerprint density at radius 1 is 1.25 bits per heavy atom. The monoisotopic (exact) mass is 289 g/mol. The molecule has 0 bridgehead atoms. The van der Waals surface area contributed by atoms with Crippen molar-refractivity contribution in [2.45, 2.75) is 12.8 Å². The number of carbonyl (C=O) groups is 1. The van der Waals surface area contributed by atoms with Gasteiger partial charge in [-0.05, 0) is 19.2 Å². The van der Waals surface area contributed by atoms with Crippen LogP contribution in [0.3, 0.4) is 0 Å². The summed E-state index contributed by atoms with van der Waals surface area (Å²) in [5, 5.41) is 1.06. The molecule has 0 atom stereocenters. The lowest BCUT2D eigenvalue weighted by atomic mass is 10.2. The van der Waals surface area contributed by atoms with Gasteiger partial charge in [-0.3, -0.25) is 4.79 Å². The Bertz CT molecular complexity index is 569. The van der Waals surface area contributed by atoms with Crippen LogP contribution >= 0.6 is 11.3 Å². The smallest absolute Gasteiger partial charge is 0.223 e. The first kappa shape index (κ1) is 13.5. The molecule has 1 aromatic carbocycles. The van der Waals surface area contributed by atoms with Crippen molar-refractivity contribution in [1.82, 2.24) is 14.8 Å². The number of carbonyl (C=O) groups excluding carboxylic acids is 1. The van der Waals surface area contributed by atoms with E-state index in [0.29, 0.717) is 6.42 Å². The topological polar surface area (TPSA) is 36.4 Å². The van der Waals surface area contributed by atoms with Crippen LogP contribution in [0.2, 0.25) is 0 Å². The largest absolute Gasteiger partial charge is 0.340 e. The second-order valence-electron chi connectivity index (χ2n) is 5.26. The summed E-state index contributed by atoms with van der Waals surface area (Å²) < 4.78 is 1.20. The van der Waals surface area contributed by atoms with E-state index in [0.717, 1.165) is 43.1 Å². The lowest BCUT2D eigenvalue weighted by molar-refractivity contribution is -0.132. The lowest BCUT2D eigenvalue weighted by Gasteiger charge is -2.32. The van der Waals surface area contributed by atoms with Crippen LogP contribution in [0.5, 0.6) is 0 Å². The van der Waals surface area contributed by atoms with Gasteiger partial charge in [0.15, 0.2) is 0 Å². The highest BCUT2D eigenvalue weighted by Gasteiger charge is 2.19. The number of thiazole rings is 1. The van der Waals surface area contributed by atoms with Gasteiger partial charge in [-0.25, -0.2) is 4.98 Å². The first-order chi connectivity index (χ1) is 9.72. The molecule has 0 spiro atoms. The zero-order valence-corrected chi connectivity index (χ0v) is 12.5. The predicted octanol–water partition coefficient (Wildman–Crippen LogP) is 2.00. The summed E-state index contributed by atoms with van der Waals surface area (Å²) in [5.41, 5.74) is 1.04. The fourth-order valence-corrected chi connectivity index (χ4v) is 3.42. The first-order valence-electron chi connectivity index (χ1n) is 7.03. The molecular weight excluding hydrogens is 270 g/mol. The number of para-hydroxylation sites is 1.